The van der Waals surface area contributed by atoms with Crippen LogP contribution in [0.3, 0.4) is 0 Å². The number of ether oxygens (including phenoxy) is 1. The van der Waals surface area contributed by atoms with Crippen LogP contribution in [0.4, 0.5) is 23.7 Å². The Hall–Kier alpha value is -2.52. The lowest BCUT2D eigenvalue weighted by Crippen LogP contribution is -2.34. The van der Waals surface area contributed by atoms with Crippen molar-refractivity contribution in [1.29, 1.82) is 0 Å². The van der Waals surface area contributed by atoms with Crippen LogP contribution in [-0.4, -0.2) is 29.7 Å². The zero-order chi connectivity index (χ0) is 19.3. The highest BCUT2D eigenvalue weighted by Crippen LogP contribution is 2.24. The highest BCUT2D eigenvalue weighted by Gasteiger charge is 2.28. The number of hydrogen-bond acceptors (Lipinski definition) is 4. The molecule has 2 N–H and O–H groups in total. The molecule has 0 fully saturated rings. The summed E-state index contributed by atoms with van der Waals surface area (Å²) in [5.74, 6) is -1.09. The molecule has 138 valence electrons. The van der Waals surface area contributed by atoms with Gasteiger partial charge in [-0.25, -0.2) is 9.78 Å². The maximum Gasteiger partial charge on any atom is 0.422 e. The van der Waals surface area contributed by atoms with Gasteiger partial charge in [-0.05, 0) is 18.2 Å². The highest BCUT2D eigenvalue weighted by atomic mass is 35.5. The molecule has 0 radical (unpaired) electrons. The molecular formula is C15H10Cl2F3N3O3. The fourth-order valence-corrected chi connectivity index (χ4v) is 2.31. The van der Waals surface area contributed by atoms with Gasteiger partial charge in [-0.3, -0.25) is 10.1 Å². The van der Waals surface area contributed by atoms with Gasteiger partial charge in [0.05, 0.1) is 27.5 Å². The number of alkyl halides is 3. The van der Waals surface area contributed by atoms with Crippen LogP contribution in [-0.2, 0) is 0 Å². The maximum absolute atomic E-state index is 12.0. The highest BCUT2D eigenvalue weighted by molar-refractivity contribution is 6.40. The van der Waals surface area contributed by atoms with Crippen molar-refractivity contribution in [2.45, 2.75) is 6.18 Å². The van der Waals surface area contributed by atoms with Gasteiger partial charge in [-0.1, -0.05) is 29.3 Å². The molecule has 0 spiro atoms. The van der Waals surface area contributed by atoms with Crippen LogP contribution in [0.5, 0.6) is 5.88 Å². The summed E-state index contributed by atoms with van der Waals surface area (Å²) < 4.78 is 40.6. The van der Waals surface area contributed by atoms with Crippen molar-refractivity contribution in [2.75, 3.05) is 11.9 Å². The first kappa shape index (κ1) is 19.8. The molecule has 26 heavy (non-hydrogen) atoms. The van der Waals surface area contributed by atoms with Gasteiger partial charge in [-0.15, -0.1) is 0 Å². The Morgan fingerprint density at radius 1 is 1.12 bits per heavy atom. The van der Waals surface area contributed by atoms with Crippen molar-refractivity contribution < 1.29 is 27.5 Å². The van der Waals surface area contributed by atoms with Gasteiger partial charge in [0, 0.05) is 6.07 Å². The molecule has 0 unspecified atom stereocenters. The largest absolute Gasteiger partial charge is 0.468 e. The first-order chi connectivity index (χ1) is 12.2. The number of amides is 3. The lowest BCUT2D eigenvalue weighted by molar-refractivity contribution is -0.154. The zero-order valence-corrected chi connectivity index (χ0v) is 14.2. The minimum Gasteiger partial charge on any atom is -0.468 e. The summed E-state index contributed by atoms with van der Waals surface area (Å²) in [6, 6.07) is 5.89. The van der Waals surface area contributed by atoms with Gasteiger partial charge >= 0.3 is 12.2 Å². The monoisotopic (exact) mass is 407 g/mol. The number of nitrogens with one attached hydrogen (secondary N) is 2. The van der Waals surface area contributed by atoms with Gasteiger partial charge in [0.25, 0.3) is 5.91 Å². The second-order valence-electron chi connectivity index (χ2n) is 4.79. The number of carbonyl (C=O) groups excluding carboxylic acids is 2. The number of aromatic nitrogens is 1. The number of pyridine rings is 1. The van der Waals surface area contributed by atoms with Crippen LogP contribution in [0.2, 0.25) is 10.0 Å². The molecule has 2 aromatic rings. The lowest BCUT2D eigenvalue weighted by Gasteiger charge is -2.10. The van der Waals surface area contributed by atoms with Gasteiger partial charge in [0.1, 0.15) is 0 Å². The van der Waals surface area contributed by atoms with E-state index < -0.39 is 24.7 Å². The molecule has 0 saturated heterocycles. The number of benzene rings is 1. The molecule has 6 nitrogen and oxygen atoms in total. The van der Waals surface area contributed by atoms with Crippen LogP contribution >= 0.6 is 23.2 Å². The molecule has 0 aliphatic rings. The Kier molecular flexibility index (Phi) is 6.27. The first-order valence-electron chi connectivity index (χ1n) is 6.87. The van der Waals surface area contributed by atoms with E-state index in [9.17, 15) is 22.8 Å². The molecular weight excluding hydrogens is 398 g/mol. The topological polar surface area (TPSA) is 80.3 Å². The summed E-state index contributed by atoms with van der Waals surface area (Å²) in [6.07, 6.45) is -3.42. The average Bonchev–Trinajstić information content (AvgIpc) is 2.53. The standard InChI is InChI=1S/C15H10Cl2F3N3O3/c16-9-2-1-3-10(17)12(9)13(24)23-14(25)22-8-4-5-11(21-6-8)26-7-15(18,19)20/h1-6H,7H2,(H2,22,23,24,25). The second kappa shape index (κ2) is 8.24. The van der Waals surface area contributed by atoms with Gasteiger partial charge in [0.2, 0.25) is 5.88 Å². The van der Waals surface area contributed by atoms with E-state index in [4.69, 9.17) is 23.2 Å². The summed E-state index contributed by atoms with van der Waals surface area (Å²) in [6.45, 7) is -1.49. The molecule has 2 rings (SSSR count). The van der Waals surface area contributed by atoms with Crippen LogP contribution in [0.1, 0.15) is 10.4 Å². The normalized spacial score (nSPS) is 11.0. The number of hydrogen-bond donors (Lipinski definition) is 2. The molecule has 1 aromatic heterocycles. The predicted octanol–water partition coefficient (Wildman–Crippen LogP) is 4.29. The number of carbonyl (C=O) groups is 2. The molecule has 1 aromatic carbocycles. The van der Waals surface area contributed by atoms with E-state index in [2.05, 4.69) is 15.0 Å². The zero-order valence-electron chi connectivity index (χ0n) is 12.7. The smallest absolute Gasteiger partial charge is 0.422 e. The second-order valence-corrected chi connectivity index (χ2v) is 5.61. The minimum absolute atomic E-state index is 0.0654. The number of urea groups is 1. The molecule has 0 saturated carbocycles. The number of imide groups is 1. The Morgan fingerprint density at radius 2 is 1.77 bits per heavy atom. The van der Waals surface area contributed by atoms with Crippen molar-refractivity contribution in [3.05, 3.63) is 52.1 Å². The molecule has 3 amide bonds. The maximum atomic E-state index is 12.0. The summed E-state index contributed by atoms with van der Waals surface area (Å²) in [7, 11) is 0. The molecule has 1 heterocycles. The SMILES string of the molecule is O=C(NC(=O)c1c(Cl)cccc1Cl)Nc1ccc(OCC(F)(F)F)nc1. The van der Waals surface area contributed by atoms with E-state index in [-0.39, 0.29) is 27.2 Å². The molecule has 0 aliphatic carbocycles. The van der Waals surface area contributed by atoms with Crippen molar-refractivity contribution >= 4 is 40.8 Å². The van der Waals surface area contributed by atoms with Crippen molar-refractivity contribution in [2.24, 2.45) is 0 Å². The predicted molar refractivity (Wildman–Crippen MR) is 88.7 cm³/mol. The Balaban J connectivity index is 1.94. The van der Waals surface area contributed by atoms with E-state index in [0.717, 1.165) is 12.3 Å². The third-order valence-electron chi connectivity index (χ3n) is 2.79. The van der Waals surface area contributed by atoms with Gasteiger partial charge < -0.3 is 10.1 Å². The number of rotatable bonds is 4. The van der Waals surface area contributed by atoms with E-state index >= 15 is 0 Å². The van der Waals surface area contributed by atoms with Crippen LogP contribution in [0.15, 0.2) is 36.5 Å². The van der Waals surface area contributed by atoms with Crippen LogP contribution in [0.25, 0.3) is 0 Å². The lowest BCUT2D eigenvalue weighted by atomic mass is 10.2. The van der Waals surface area contributed by atoms with Crippen LogP contribution < -0.4 is 15.4 Å². The van der Waals surface area contributed by atoms with Crippen molar-refractivity contribution in [1.82, 2.24) is 10.3 Å². The summed E-state index contributed by atoms with van der Waals surface area (Å²) in [5, 5.41) is 4.43. The molecule has 0 atom stereocenters. The number of nitrogens with zero attached hydrogens (tertiary/aromatic N) is 1. The van der Waals surface area contributed by atoms with E-state index in [0.29, 0.717) is 0 Å². The quantitative estimate of drug-likeness (QED) is 0.791. The fraction of sp³-hybridized carbons (Fsp3) is 0.133. The van der Waals surface area contributed by atoms with Crippen LogP contribution in [0, 0.1) is 0 Å². The summed E-state index contributed by atoms with van der Waals surface area (Å²) in [5.41, 5.74) is 0.0555. The molecule has 0 bridgehead atoms. The summed E-state index contributed by atoms with van der Waals surface area (Å²) >= 11 is 11.7. The average molecular weight is 408 g/mol. The number of anilines is 1. The van der Waals surface area contributed by atoms with E-state index in [1.165, 1.54) is 24.3 Å². The van der Waals surface area contributed by atoms with Crippen molar-refractivity contribution in [3.8, 4) is 5.88 Å². The molecule has 11 heteroatoms. The Bertz CT molecular complexity index is 794. The summed E-state index contributed by atoms with van der Waals surface area (Å²) in [4.78, 5) is 27.5. The number of halogens is 5. The van der Waals surface area contributed by atoms with E-state index in [1.54, 1.807) is 0 Å². The third-order valence-corrected chi connectivity index (χ3v) is 3.42. The van der Waals surface area contributed by atoms with E-state index in [1.807, 2.05) is 5.32 Å². The minimum atomic E-state index is -4.49. The first-order valence-corrected chi connectivity index (χ1v) is 7.63. The van der Waals surface area contributed by atoms with Gasteiger partial charge in [-0.2, -0.15) is 13.2 Å². The van der Waals surface area contributed by atoms with Crippen molar-refractivity contribution in [3.63, 3.8) is 0 Å². The Morgan fingerprint density at radius 3 is 2.31 bits per heavy atom. The fourth-order valence-electron chi connectivity index (χ4n) is 1.74. The Labute approximate surface area is 155 Å². The van der Waals surface area contributed by atoms with Gasteiger partial charge in [0.15, 0.2) is 6.61 Å². The third kappa shape index (κ3) is 5.78. The molecule has 0 aliphatic heterocycles.